The van der Waals surface area contributed by atoms with E-state index in [1.165, 1.54) is 36.4 Å². The highest BCUT2D eigenvalue weighted by Gasteiger charge is 2.28. The highest BCUT2D eigenvalue weighted by Crippen LogP contribution is 2.28. The molecule has 3 aromatic rings. The summed E-state index contributed by atoms with van der Waals surface area (Å²) in [5.41, 5.74) is 6.47. The molecule has 17 heteroatoms. The molecule has 17 nitrogen and oxygen atoms in total. The van der Waals surface area contributed by atoms with E-state index < -0.39 is 76.6 Å². The molecule has 0 bridgehead atoms. The van der Waals surface area contributed by atoms with Gasteiger partial charge in [0.25, 0.3) is 11.8 Å². The highest BCUT2D eigenvalue weighted by atomic mass is 16.4. The Morgan fingerprint density at radius 1 is 0.593 bits per heavy atom. The Morgan fingerprint density at radius 2 is 1.13 bits per heavy atom. The van der Waals surface area contributed by atoms with E-state index >= 15 is 0 Å². The van der Waals surface area contributed by atoms with Crippen LogP contribution in [-0.4, -0.2) is 98.8 Å². The summed E-state index contributed by atoms with van der Waals surface area (Å²) in [4.78, 5) is 75.2. The number of unbranched alkanes of at least 4 members (excludes halogenated alkanes) is 2. The number of nitrogens with two attached hydrogens (primary N) is 1. The third kappa shape index (κ3) is 13.3. The Morgan fingerprint density at radius 3 is 1.72 bits per heavy atom. The summed E-state index contributed by atoms with van der Waals surface area (Å²) in [7, 11) is 0. The summed E-state index contributed by atoms with van der Waals surface area (Å²) >= 11 is 0. The smallest absolute Gasteiger partial charge is 0.326 e. The van der Waals surface area contributed by atoms with Gasteiger partial charge in [0, 0.05) is 19.5 Å². The molecule has 290 valence electrons. The highest BCUT2D eigenvalue weighted by molar-refractivity contribution is 5.99. The van der Waals surface area contributed by atoms with Crippen LogP contribution in [0.2, 0.25) is 0 Å². The number of hydrogen-bond acceptors (Lipinski definition) is 11. The minimum atomic E-state index is -1.29. The lowest BCUT2D eigenvalue weighted by Gasteiger charge is -2.23. The number of benzene rings is 3. The second-order valence-electron chi connectivity index (χ2n) is 12.4. The van der Waals surface area contributed by atoms with Crippen LogP contribution in [0.5, 0.6) is 23.0 Å². The lowest BCUT2D eigenvalue weighted by Crippen LogP contribution is -2.54. The van der Waals surface area contributed by atoms with Gasteiger partial charge in [-0.3, -0.25) is 24.0 Å². The van der Waals surface area contributed by atoms with E-state index in [-0.39, 0.29) is 50.0 Å². The van der Waals surface area contributed by atoms with E-state index in [1.807, 2.05) is 0 Å². The molecule has 54 heavy (non-hydrogen) atoms. The number of carboxylic acid groups (broad SMARTS) is 1. The predicted octanol–water partition coefficient (Wildman–Crippen LogP) is 0.750. The van der Waals surface area contributed by atoms with Crippen molar-refractivity contribution >= 4 is 35.5 Å². The zero-order valence-electron chi connectivity index (χ0n) is 29.4. The molecule has 5 amide bonds. The fourth-order valence-corrected chi connectivity index (χ4v) is 5.24. The third-order valence-electron chi connectivity index (χ3n) is 8.26. The number of phenolic OH excluding ortho intramolecular Hbond substituents is 4. The molecule has 0 saturated carbocycles. The number of aromatic hydroxyl groups is 4. The molecule has 3 atom stereocenters. The van der Waals surface area contributed by atoms with E-state index in [4.69, 9.17) is 5.73 Å². The number of nitrogens with one attached hydrogen (secondary N) is 5. The van der Waals surface area contributed by atoms with Crippen LogP contribution in [0, 0.1) is 0 Å². The van der Waals surface area contributed by atoms with Crippen LogP contribution < -0.4 is 32.3 Å². The standard InChI is InChI=1S/C37H46N6O11/c38-25(14-4-6-18-39-30(46)21-41-34(50)24-13-9-17-29(45)32(24)48)35(51)42-26(36(52)43-27(37(53)54)20-22-10-2-1-3-11-22)15-5-7-19-40-33(49)23-12-8-16-28(44)31(23)47/h1-3,8-13,16-17,25-27,44-45,47-48H,4-7,14-15,18-21,38H2,(H,39,46)(H,40,49)(H,41,50)(H,42,51)(H,43,52)(H,53,54)/t25-,26-,27-/m0/s1. The summed E-state index contributed by atoms with van der Waals surface area (Å²) in [6.07, 6.45) is 1.74. The van der Waals surface area contributed by atoms with Crippen molar-refractivity contribution in [2.75, 3.05) is 19.6 Å². The fourth-order valence-electron chi connectivity index (χ4n) is 5.24. The fraction of sp³-hybridized carbons (Fsp3) is 0.351. The van der Waals surface area contributed by atoms with Crippen molar-refractivity contribution in [2.45, 2.75) is 63.1 Å². The van der Waals surface area contributed by atoms with E-state index in [0.29, 0.717) is 31.2 Å². The minimum absolute atomic E-state index is 0.0000899. The lowest BCUT2D eigenvalue weighted by atomic mass is 10.0. The molecule has 0 unspecified atom stereocenters. The van der Waals surface area contributed by atoms with Gasteiger partial charge in [-0.2, -0.15) is 0 Å². The quantitative estimate of drug-likeness (QED) is 0.0531. The van der Waals surface area contributed by atoms with Crippen LogP contribution in [0.1, 0.15) is 64.8 Å². The molecule has 0 spiro atoms. The van der Waals surface area contributed by atoms with Crippen LogP contribution in [0.15, 0.2) is 66.7 Å². The summed E-state index contributed by atoms with van der Waals surface area (Å²) in [6.45, 7) is -0.0580. The topological polar surface area (TPSA) is 290 Å². The van der Waals surface area contributed by atoms with Gasteiger partial charge in [-0.05, 0) is 68.4 Å². The molecule has 3 aromatic carbocycles. The largest absolute Gasteiger partial charge is 0.504 e. The summed E-state index contributed by atoms with van der Waals surface area (Å²) in [5.74, 6) is -6.63. The van der Waals surface area contributed by atoms with Crippen molar-refractivity contribution in [1.82, 2.24) is 26.6 Å². The molecule has 0 saturated heterocycles. The van der Waals surface area contributed by atoms with Crippen molar-refractivity contribution in [1.29, 1.82) is 0 Å². The van der Waals surface area contributed by atoms with Gasteiger partial charge in [0.05, 0.1) is 23.7 Å². The van der Waals surface area contributed by atoms with Gasteiger partial charge >= 0.3 is 5.97 Å². The average molecular weight is 751 g/mol. The zero-order valence-corrected chi connectivity index (χ0v) is 29.4. The number of aliphatic carboxylic acids is 1. The second kappa shape index (κ2) is 21.2. The maximum absolute atomic E-state index is 13.4. The number of carboxylic acids is 1. The maximum atomic E-state index is 13.4. The first-order chi connectivity index (χ1) is 25.8. The first-order valence-corrected chi connectivity index (χ1v) is 17.3. The normalized spacial score (nSPS) is 12.4. The maximum Gasteiger partial charge on any atom is 0.326 e. The second-order valence-corrected chi connectivity index (χ2v) is 12.4. The van der Waals surface area contributed by atoms with E-state index in [2.05, 4.69) is 26.6 Å². The molecule has 12 N–H and O–H groups in total. The van der Waals surface area contributed by atoms with Gasteiger partial charge in [-0.1, -0.05) is 42.5 Å². The molecule has 0 aromatic heterocycles. The van der Waals surface area contributed by atoms with Crippen LogP contribution in [-0.2, 0) is 25.6 Å². The SMILES string of the molecule is N[C@@H](CCCCNC(=O)CNC(=O)c1cccc(O)c1O)C(=O)N[C@@H](CCCCNC(=O)c1cccc(O)c1O)C(=O)N[C@@H](Cc1ccccc1)C(=O)O. The van der Waals surface area contributed by atoms with Crippen molar-refractivity contribution in [2.24, 2.45) is 5.73 Å². The van der Waals surface area contributed by atoms with Gasteiger partial charge in [-0.15, -0.1) is 0 Å². The van der Waals surface area contributed by atoms with Crippen molar-refractivity contribution in [3.8, 4) is 23.0 Å². The average Bonchev–Trinajstić information content (AvgIpc) is 3.15. The number of rotatable bonds is 21. The van der Waals surface area contributed by atoms with Gasteiger partial charge in [0.2, 0.25) is 17.7 Å². The molecular weight excluding hydrogens is 704 g/mol. The van der Waals surface area contributed by atoms with Crippen LogP contribution in [0.3, 0.4) is 0 Å². The Labute approximate surface area is 311 Å². The molecule has 0 fully saturated rings. The first kappa shape index (κ1) is 42.1. The summed E-state index contributed by atoms with van der Waals surface area (Å²) in [6, 6.07) is 13.0. The van der Waals surface area contributed by atoms with Gasteiger partial charge in [0.1, 0.15) is 12.1 Å². The van der Waals surface area contributed by atoms with Crippen LogP contribution in [0.25, 0.3) is 0 Å². The van der Waals surface area contributed by atoms with Gasteiger partial charge < -0.3 is 57.9 Å². The Kier molecular flexibility index (Phi) is 16.5. The monoisotopic (exact) mass is 750 g/mol. The van der Waals surface area contributed by atoms with Crippen molar-refractivity contribution < 1.29 is 54.3 Å². The Hall–Kier alpha value is -6.36. The molecule has 3 rings (SSSR count). The number of hydrogen-bond donors (Lipinski definition) is 11. The summed E-state index contributed by atoms with van der Waals surface area (Å²) in [5, 5.41) is 61.4. The van der Waals surface area contributed by atoms with Crippen molar-refractivity contribution in [3.05, 3.63) is 83.4 Å². The van der Waals surface area contributed by atoms with Gasteiger partial charge in [-0.25, -0.2) is 4.79 Å². The number of para-hydroxylation sites is 2. The van der Waals surface area contributed by atoms with E-state index in [9.17, 15) is 54.3 Å². The molecular formula is C37H46N6O11. The van der Waals surface area contributed by atoms with Crippen LogP contribution >= 0.6 is 0 Å². The molecule has 0 aliphatic rings. The van der Waals surface area contributed by atoms with E-state index in [1.54, 1.807) is 30.3 Å². The molecule has 0 radical (unpaired) electrons. The predicted molar refractivity (Wildman–Crippen MR) is 195 cm³/mol. The molecule has 0 aliphatic heterocycles. The Balaban J connectivity index is 1.49. The molecule has 0 aliphatic carbocycles. The number of carbonyl (C=O) groups excluding carboxylic acids is 5. The third-order valence-corrected chi connectivity index (χ3v) is 8.26. The zero-order chi connectivity index (χ0) is 39.6. The van der Waals surface area contributed by atoms with E-state index in [0.717, 1.165) is 0 Å². The minimum Gasteiger partial charge on any atom is -0.504 e. The lowest BCUT2D eigenvalue weighted by molar-refractivity contribution is -0.142. The van der Waals surface area contributed by atoms with Gasteiger partial charge in [0.15, 0.2) is 23.0 Å². The van der Waals surface area contributed by atoms with Crippen molar-refractivity contribution in [3.63, 3.8) is 0 Å². The summed E-state index contributed by atoms with van der Waals surface area (Å²) < 4.78 is 0. The first-order valence-electron chi connectivity index (χ1n) is 17.3. The van der Waals surface area contributed by atoms with Crippen LogP contribution in [0.4, 0.5) is 0 Å². The number of carbonyl (C=O) groups is 6. The number of amides is 5. The molecule has 0 heterocycles. The Bertz CT molecular complexity index is 1770. The number of phenols is 4.